The molecule has 2 aromatic rings. The van der Waals surface area contributed by atoms with Gasteiger partial charge in [0.15, 0.2) is 0 Å². The Balaban J connectivity index is 2.69. The van der Waals surface area contributed by atoms with Crippen molar-refractivity contribution in [3.8, 4) is 0 Å². The zero-order chi connectivity index (χ0) is 11.9. The molecule has 0 fully saturated rings. The molecule has 0 spiro atoms. The summed E-state index contributed by atoms with van der Waals surface area (Å²) in [5, 5.41) is 4.32. The van der Waals surface area contributed by atoms with Crippen molar-refractivity contribution in [3.63, 3.8) is 0 Å². The standard InChI is InChI=1S/C10H11F2N3O/c1-4(2)8-7-5(13)3-6(9(11)12)14-10(7)16-15-8/h3-4,9H,1-2H3,(H2,13,14). The van der Waals surface area contributed by atoms with E-state index in [-0.39, 0.29) is 17.3 Å². The van der Waals surface area contributed by atoms with Crippen molar-refractivity contribution in [1.29, 1.82) is 0 Å². The van der Waals surface area contributed by atoms with E-state index in [9.17, 15) is 8.78 Å². The molecule has 0 unspecified atom stereocenters. The summed E-state index contributed by atoms with van der Waals surface area (Å²) in [6.07, 6.45) is -2.67. The van der Waals surface area contributed by atoms with Crippen LogP contribution in [0.15, 0.2) is 10.6 Å². The van der Waals surface area contributed by atoms with E-state index in [0.29, 0.717) is 11.1 Å². The highest BCUT2D eigenvalue weighted by Crippen LogP contribution is 2.31. The van der Waals surface area contributed by atoms with Gasteiger partial charge in [-0.3, -0.25) is 0 Å². The predicted octanol–water partition coefficient (Wildman–Crippen LogP) is 2.87. The molecule has 6 heteroatoms. The molecule has 0 bridgehead atoms. The molecule has 0 radical (unpaired) electrons. The number of rotatable bonds is 2. The highest BCUT2D eigenvalue weighted by atomic mass is 19.3. The van der Waals surface area contributed by atoms with E-state index in [2.05, 4.69) is 10.1 Å². The summed E-state index contributed by atoms with van der Waals surface area (Å²) >= 11 is 0. The maximum atomic E-state index is 12.5. The lowest BCUT2D eigenvalue weighted by Gasteiger charge is -2.03. The van der Waals surface area contributed by atoms with Crippen LogP contribution in [0.1, 0.15) is 37.6 Å². The minimum Gasteiger partial charge on any atom is -0.398 e. The predicted molar refractivity (Wildman–Crippen MR) is 55.3 cm³/mol. The van der Waals surface area contributed by atoms with E-state index in [1.807, 2.05) is 13.8 Å². The van der Waals surface area contributed by atoms with Gasteiger partial charge in [-0.25, -0.2) is 13.8 Å². The molecule has 16 heavy (non-hydrogen) atoms. The maximum absolute atomic E-state index is 12.5. The number of pyridine rings is 1. The van der Waals surface area contributed by atoms with Gasteiger partial charge in [0, 0.05) is 5.69 Å². The molecule has 86 valence electrons. The maximum Gasteiger partial charge on any atom is 0.280 e. The Labute approximate surface area is 90.4 Å². The fourth-order valence-corrected chi connectivity index (χ4v) is 1.53. The zero-order valence-corrected chi connectivity index (χ0v) is 8.87. The Morgan fingerprint density at radius 2 is 2.06 bits per heavy atom. The van der Waals surface area contributed by atoms with Gasteiger partial charge in [-0.05, 0) is 12.0 Å². The minimum absolute atomic E-state index is 0.0685. The van der Waals surface area contributed by atoms with Crippen LogP contribution in [0.5, 0.6) is 0 Å². The molecular weight excluding hydrogens is 216 g/mol. The van der Waals surface area contributed by atoms with Crippen LogP contribution in [0.25, 0.3) is 11.1 Å². The number of nitrogens with zero attached hydrogens (tertiary/aromatic N) is 2. The molecule has 0 aromatic carbocycles. The summed E-state index contributed by atoms with van der Waals surface area (Å²) in [4.78, 5) is 3.68. The Morgan fingerprint density at radius 1 is 1.38 bits per heavy atom. The highest BCUT2D eigenvalue weighted by molar-refractivity contribution is 5.89. The summed E-state index contributed by atoms with van der Waals surface area (Å²) in [6.45, 7) is 3.83. The van der Waals surface area contributed by atoms with Gasteiger partial charge in [0.25, 0.3) is 12.1 Å². The number of alkyl halides is 2. The fraction of sp³-hybridized carbons (Fsp3) is 0.400. The quantitative estimate of drug-likeness (QED) is 0.856. The Kier molecular flexibility index (Phi) is 2.49. The van der Waals surface area contributed by atoms with Crippen molar-refractivity contribution in [2.45, 2.75) is 26.2 Å². The largest absolute Gasteiger partial charge is 0.398 e. The highest BCUT2D eigenvalue weighted by Gasteiger charge is 2.19. The van der Waals surface area contributed by atoms with Crippen molar-refractivity contribution < 1.29 is 13.3 Å². The molecule has 2 aromatic heterocycles. The van der Waals surface area contributed by atoms with E-state index in [1.54, 1.807) is 0 Å². The lowest BCUT2D eigenvalue weighted by molar-refractivity contribution is 0.146. The third-order valence-corrected chi connectivity index (χ3v) is 2.29. The molecule has 2 N–H and O–H groups in total. The Morgan fingerprint density at radius 3 is 2.62 bits per heavy atom. The zero-order valence-electron chi connectivity index (χ0n) is 8.87. The normalized spacial score (nSPS) is 11.9. The third kappa shape index (κ3) is 1.60. The van der Waals surface area contributed by atoms with Gasteiger partial charge >= 0.3 is 0 Å². The summed E-state index contributed by atoms with van der Waals surface area (Å²) in [5.74, 6) is 0.0998. The molecule has 2 heterocycles. The molecule has 0 amide bonds. The van der Waals surface area contributed by atoms with E-state index in [1.165, 1.54) is 0 Å². The second-order valence-electron chi connectivity index (χ2n) is 3.84. The number of hydrogen-bond acceptors (Lipinski definition) is 4. The molecule has 2 rings (SSSR count). The second-order valence-corrected chi connectivity index (χ2v) is 3.84. The molecule has 0 aliphatic heterocycles. The Bertz CT molecular complexity index is 522. The number of halogens is 2. The van der Waals surface area contributed by atoms with Crippen LogP contribution in [0.4, 0.5) is 14.5 Å². The molecular formula is C10H11F2N3O. The van der Waals surface area contributed by atoms with Crippen molar-refractivity contribution in [2.75, 3.05) is 5.73 Å². The van der Waals surface area contributed by atoms with Crippen molar-refractivity contribution in [3.05, 3.63) is 17.5 Å². The van der Waals surface area contributed by atoms with Gasteiger partial charge in [-0.15, -0.1) is 0 Å². The number of anilines is 1. The number of nitrogens with two attached hydrogens (primary N) is 1. The lowest BCUT2D eigenvalue weighted by Crippen LogP contribution is -1.97. The summed E-state index contributed by atoms with van der Waals surface area (Å²) in [7, 11) is 0. The van der Waals surface area contributed by atoms with Gasteiger partial charge in [-0.2, -0.15) is 0 Å². The van der Waals surface area contributed by atoms with E-state index >= 15 is 0 Å². The molecule has 0 saturated heterocycles. The molecule has 0 aliphatic carbocycles. The number of fused-ring (bicyclic) bond motifs is 1. The van der Waals surface area contributed by atoms with Crippen LogP contribution in [0, 0.1) is 0 Å². The summed E-state index contributed by atoms with van der Waals surface area (Å²) in [6, 6.07) is 1.16. The topological polar surface area (TPSA) is 64.9 Å². The lowest BCUT2D eigenvalue weighted by atomic mass is 10.1. The minimum atomic E-state index is -2.67. The first-order chi connectivity index (χ1) is 7.50. The van der Waals surface area contributed by atoms with Crippen LogP contribution in [0.2, 0.25) is 0 Å². The number of nitrogen functional groups attached to an aromatic ring is 1. The van der Waals surface area contributed by atoms with Gasteiger partial charge in [0.1, 0.15) is 5.69 Å². The smallest absolute Gasteiger partial charge is 0.280 e. The molecule has 4 nitrogen and oxygen atoms in total. The number of aromatic nitrogens is 2. The molecule has 0 saturated carbocycles. The van der Waals surface area contributed by atoms with Gasteiger partial charge in [-0.1, -0.05) is 19.0 Å². The Hall–Kier alpha value is -1.72. The average Bonchev–Trinajstić information content (AvgIpc) is 2.61. The summed E-state index contributed by atoms with van der Waals surface area (Å²) in [5.41, 5.74) is 6.25. The van der Waals surface area contributed by atoms with Gasteiger partial charge < -0.3 is 10.3 Å². The second kappa shape index (κ2) is 3.70. The third-order valence-electron chi connectivity index (χ3n) is 2.29. The fourth-order valence-electron chi connectivity index (χ4n) is 1.53. The monoisotopic (exact) mass is 227 g/mol. The van der Waals surface area contributed by atoms with Crippen LogP contribution < -0.4 is 5.73 Å². The van der Waals surface area contributed by atoms with Crippen molar-refractivity contribution in [1.82, 2.24) is 10.1 Å². The van der Waals surface area contributed by atoms with Crippen LogP contribution >= 0.6 is 0 Å². The van der Waals surface area contributed by atoms with Gasteiger partial charge in [0.05, 0.1) is 11.1 Å². The summed E-state index contributed by atoms with van der Waals surface area (Å²) < 4.78 is 29.8. The molecule has 0 atom stereocenters. The molecule has 0 aliphatic rings. The van der Waals surface area contributed by atoms with Crippen LogP contribution in [-0.2, 0) is 0 Å². The van der Waals surface area contributed by atoms with Gasteiger partial charge in [0.2, 0.25) is 0 Å². The van der Waals surface area contributed by atoms with Crippen molar-refractivity contribution in [2.24, 2.45) is 0 Å². The average molecular weight is 227 g/mol. The van der Waals surface area contributed by atoms with E-state index in [4.69, 9.17) is 10.3 Å². The first-order valence-corrected chi connectivity index (χ1v) is 4.84. The first-order valence-electron chi connectivity index (χ1n) is 4.84. The van der Waals surface area contributed by atoms with E-state index in [0.717, 1.165) is 6.07 Å². The van der Waals surface area contributed by atoms with Crippen LogP contribution in [0.3, 0.4) is 0 Å². The van der Waals surface area contributed by atoms with E-state index < -0.39 is 12.1 Å². The number of hydrogen-bond donors (Lipinski definition) is 1. The van der Waals surface area contributed by atoms with Crippen molar-refractivity contribution >= 4 is 16.8 Å². The first kappa shape index (κ1) is 10.8. The van der Waals surface area contributed by atoms with Crippen LogP contribution in [-0.4, -0.2) is 10.1 Å². The SMILES string of the molecule is CC(C)c1noc2nc(C(F)F)cc(N)c12.